The maximum absolute atomic E-state index is 12.3. The third kappa shape index (κ3) is 4.10. The second kappa shape index (κ2) is 7.52. The highest BCUT2D eigenvalue weighted by Crippen LogP contribution is 2.26. The van der Waals surface area contributed by atoms with Crippen LogP contribution < -0.4 is 10.1 Å². The van der Waals surface area contributed by atoms with Gasteiger partial charge in [0.1, 0.15) is 11.5 Å². The van der Waals surface area contributed by atoms with Crippen LogP contribution in [-0.2, 0) is 4.79 Å². The second-order valence-corrected chi connectivity index (χ2v) is 6.54. The van der Waals surface area contributed by atoms with Crippen LogP contribution in [-0.4, -0.2) is 5.91 Å². The fourth-order valence-corrected chi connectivity index (χ4v) is 2.91. The fraction of sp³-hybridized carbons (Fsp3) is 0. The Morgan fingerprint density at radius 2 is 1.48 bits per heavy atom. The summed E-state index contributed by atoms with van der Waals surface area (Å²) in [6.45, 7) is 0. The van der Waals surface area contributed by atoms with Gasteiger partial charge in [-0.3, -0.25) is 4.79 Å². The molecule has 1 aliphatic heterocycles. The Bertz CT molecular complexity index is 1020. The van der Waals surface area contributed by atoms with Crippen LogP contribution in [0, 0.1) is 0 Å². The number of benzene rings is 3. The number of para-hydroxylation sites is 1. The molecule has 0 saturated heterocycles. The third-order valence-electron chi connectivity index (χ3n) is 4.15. The molecular weight excluding hydrogens is 358 g/mol. The van der Waals surface area contributed by atoms with E-state index in [-0.39, 0.29) is 5.91 Å². The molecule has 0 aromatic heterocycles. The van der Waals surface area contributed by atoms with Crippen molar-refractivity contribution in [3.05, 3.63) is 107 Å². The minimum Gasteiger partial charge on any atom is -0.457 e. The Labute approximate surface area is 162 Å². The lowest BCUT2D eigenvalue weighted by molar-refractivity contribution is -0.115. The van der Waals surface area contributed by atoms with E-state index in [2.05, 4.69) is 5.32 Å². The van der Waals surface area contributed by atoms with Gasteiger partial charge in [-0.1, -0.05) is 41.9 Å². The van der Waals surface area contributed by atoms with Crippen LogP contribution in [0.25, 0.3) is 11.8 Å². The van der Waals surface area contributed by atoms with E-state index in [1.807, 2.05) is 78.9 Å². The van der Waals surface area contributed by atoms with Gasteiger partial charge in [-0.2, -0.15) is 0 Å². The average Bonchev–Trinajstić information content (AvgIpc) is 3.05. The molecule has 0 bridgehead atoms. The molecule has 132 valence electrons. The van der Waals surface area contributed by atoms with Crippen molar-refractivity contribution < 1.29 is 9.53 Å². The summed E-state index contributed by atoms with van der Waals surface area (Å²) in [6.07, 6.45) is 3.69. The number of nitrogens with one attached hydrogen (secondary N) is 1. The number of halogens is 1. The van der Waals surface area contributed by atoms with Gasteiger partial charge >= 0.3 is 0 Å². The summed E-state index contributed by atoms with van der Waals surface area (Å²) in [6, 6.07) is 24.6. The average molecular weight is 374 g/mol. The van der Waals surface area contributed by atoms with Gasteiger partial charge < -0.3 is 10.1 Å². The number of hydrogen-bond donors (Lipinski definition) is 1. The predicted octanol–water partition coefficient (Wildman–Crippen LogP) is 5.69. The molecule has 4 rings (SSSR count). The SMILES string of the molecule is O=C1NC(c2ccc(Oc3ccccc3)cc2)=C/C1=C\c1ccc(Cl)cc1. The van der Waals surface area contributed by atoms with E-state index < -0.39 is 0 Å². The molecule has 0 fully saturated rings. The summed E-state index contributed by atoms with van der Waals surface area (Å²) < 4.78 is 5.80. The molecule has 0 radical (unpaired) electrons. The van der Waals surface area contributed by atoms with Crippen LogP contribution in [0.1, 0.15) is 11.1 Å². The highest BCUT2D eigenvalue weighted by atomic mass is 35.5. The van der Waals surface area contributed by atoms with Crippen LogP contribution in [0.15, 0.2) is 90.5 Å². The number of ether oxygens (including phenoxy) is 1. The molecule has 0 atom stereocenters. The minimum absolute atomic E-state index is 0.121. The van der Waals surface area contributed by atoms with Gasteiger partial charge in [0.15, 0.2) is 0 Å². The lowest BCUT2D eigenvalue weighted by Crippen LogP contribution is -2.15. The number of carbonyl (C=O) groups is 1. The second-order valence-electron chi connectivity index (χ2n) is 6.10. The Balaban J connectivity index is 1.53. The van der Waals surface area contributed by atoms with Crippen molar-refractivity contribution in [3.8, 4) is 11.5 Å². The van der Waals surface area contributed by atoms with Gasteiger partial charge in [0.25, 0.3) is 5.91 Å². The molecule has 3 nitrogen and oxygen atoms in total. The molecule has 4 heteroatoms. The lowest BCUT2D eigenvalue weighted by atomic mass is 10.1. The Hall–Kier alpha value is -3.30. The quantitative estimate of drug-likeness (QED) is 0.597. The van der Waals surface area contributed by atoms with Gasteiger partial charge in [0, 0.05) is 16.3 Å². The van der Waals surface area contributed by atoms with E-state index in [1.54, 1.807) is 12.1 Å². The standard InChI is InChI=1S/C23H16ClNO2/c24-19-10-6-16(7-11-19)14-18-15-22(25-23(18)26)17-8-12-21(13-9-17)27-20-4-2-1-3-5-20/h1-15H,(H,25,26)/b18-14+. The van der Waals surface area contributed by atoms with Crippen molar-refractivity contribution in [2.24, 2.45) is 0 Å². The van der Waals surface area contributed by atoms with Crippen LogP contribution in [0.5, 0.6) is 11.5 Å². The molecule has 1 aliphatic rings. The van der Waals surface area contributed by atoms with E-state index in [4.69, 9.17) is 16.3 Å². The zero-order valence-corrected chi connectivity index (χ0v) is 15.1. The summed E-state index contributed by atoms with van der Waals surface area (Å²) in [5.74, 6) is 1.41. The highest BCUT2D eigenvalue weighted by molar-refractivity contribution is 6.30. The van der Waals surface area contributed by atoms with Crippen molar-refractivity contribution >= 4 is 29.3 Å². The number of amides is 1. The molecule has 1 N–H and O–H groups in total. The summed E-state index contributed by atoms with van der Waals surface area (Å²) in [5.41, 5.74) is 3.22. The normalized spacial score (nSPS) is 14.8. The Morgan fingerprint density at radius 3 is 2.19 bits per heavy atom. The fourth-order valence-electron chi connectivity index (χ4n) is 2.78. The molecule has 0 unspecified atom stereocenters. The number of carbonyl (C=O) groups excluding carboxylic acids is 1. The van der Waals surface area contributed by atoms with Crippen molar-refractivity contribution in [2.45, 2.75) is 0 Å². The third-order valence-corrected chi connectivity index (χ3v) is 4.40. The first-order valence-corrected chi connectivity index (χ1v) is 8.89. The first-order valence-electron chi connectivity index (χ1n) is 8.51. The molecule has 0 saturated carbocycles. The first kappa shape index (κ1) is 17.1. The van der Waals surface area contributed by atoms with Crippen molar-refractivity contribution in [3.63, 3.8) is 0 Å². The molecule has 3 aromatic carbocycles. The van der Waals surface area contributed by atoms with E-state index in [1.165, 1.54) is 0 Å². The van der Waals surface area contributed by atoms with Gasteiger partial charge in [-0.25, -0.2) is 0 Å². The maximum atomic E-state index is 12.3. The van der Waals surface area contributed by atoms with Crippen LogP contribution in [0.4, 0.5) is 0 Å². The summed E-state index contributed by atoms with van der Waals surface area (Å²) in [4.78, 5) is 12.3. The summed E-state index contributed by atoms with van der Waals surface area (Å²) in [5, 5.41) is 3.58. The first-order chi connectivity index (χ1) is 13.2. The Kier molecular flexibility index (Phi) is 4.77. The summed E-state index contributed by atoms with van der Waals surface area (Å²) >= 11 is 5.90. The van der Waals surface area contributed by atoms with E-state index in [0.29, 0.717) is 10.6 Å². The van der Waals surface area contributed by atoms with Gasteiger partial charge in [-0.15, -0.1) is 0 Å². The lowest BCUT2D eigenvalue weighted by Gasteiger charge is -2.07. The van der Waals surface area contributed by atoms with Gasteiger partial charge in [0.05, 0.1) is 0 Å². The monoisotopic (exact) mass is 373 g/mol. The largest absolute Gasteiger partial charge is 0.457 e. The van der Waals surface area contributed by atoms with Crippen molar-refractivity contribution in [1.82, 2.24) is 5.32 Å². The van der Waals surface area contributed by atoms with E-state index in [9.17, 15) is 4.79 Å². The molecule has 1 amide bonds. The van der Waals surface area contributed by atoms with Gasteiger partial charge in [0.2, 0.25) is 0 Å². The molecule has 27 heavy (non-hydrogen) atoms. The van der Waals surface area contributed by atoms with Crippen molar-refractivity contribution in [1.29, 1.82) is 0 Å². The van der Waals surface area contributed by atoms with Crippen LogP contribution >= 0.6 is 11.6 Å². The topological polar surface area (TPSA) is 38.3 Å². The van der Waals surface area contributed by atoms with Gasteiger partial charge in [-0.05, 0) is 71.8 Å². The van der Waals surface area contributed by atoms with E-state index >= 15 is 0 Å². The molecule has 3 aromatic rings. The smallest absolute Gasteiger partial charge is 0.255 e. The van der Waals surface area contributed by atoms with E-state index in [0.717, 1.165) is 28.3 Å². The van der Waals surface area contributed by atoms with Crippen LogP contribution in [0.3, 0.4) is 0 Å². The Morgan fingerprint density at radius 1 is 0.815 bits per heavy atom. The number of rotatable bonds is 4. The molecule has 0 aliphatic carbocycles. The zero-order valence-electron chi connectivity index (χ0n) is 14.4. The zero-order chi connectivity index (χ0) is 18.6. The molecule has 1 heterocycles. The summed E-state index contributed by atoms with van der Waals surface area (Å²) in [7, 11) is 0. The minimum atomic E-state index is -0.121. The number of hydrogen-bond acceptors (Lipinski definition) is 2. The highest BCUT2D eigenvalue weighted by Gasteiger charge is 2.19. The molecular formula is C23H16ClNO2. The molecule has 0 spiro atoms. The van der Waals surface area contributed by atoms with Crippen molar-refractivity contribution in [2.75, 3.05) is 0 Å². The predicted molar refractivity (Wildman–Crippen MR) is 109 cm³/mol. The maximum Gasteiger partial charge on any atom is 0.255 e. The van der Waals surface area contributed by atoms with Crippen LogP contribution in [0.2, 0.25) is 5.02 Å².